The summed E-state index contributed by atoms with van der Waals surface area (Å²) in [6, 6.07) is 7.84. The van der Waals surface area contributed by atoms with Crippen molar-refractivity contribution in [1.82, 2.24) is 0 Å². The Balaban J connectivity index is 1.86. The molecule has 3 nitrogen and oxygen atoms in total. The van der Waals surface area contributed by atoms with E-state index in [4.69, 9.17) is 5.11 Å². The van der Waals surface area contributed by atoms with Crippen LogP contribution in [0, 0.1) is 11.8 Å². The molecular weight excluding hydrogens is 250 g/mol. The summed E-state index contributed by atoms with van der Waals surface area (Å²) in [6.45, 7) is 3.23. The number of para-hydroxylation sites is 1. The zero-order valence-electron chi connectivity index (χ0n) is 12.0. The molecule has 1 aromatic carbocycles. The largest absolute Gasteiger partial charge is 0.478 e. The highest BCUT2D eigenvalue weighted by atomic mass is 16.4. The lowest BCUT2D eigenvalue weighted by atomic mass is 10.1. The molecule has 2 N–H and O–H groups in total. The summed E-state index contributed by atoms with van der Waals surface area (Å²) >= 11 is 0. The molecule has 20 heavy (non-hydrogen) atoms. The summed E-state index contributed by atoms with van der Waals surface area (Å²) in [7, 11) is 0. The molecular formula is C17H23NO2. The van der Waals surface area contributed by atoms with Crippen LogP contribution in [0.15, 0.2) is 30.3 Å². The zero-order chi connectivity index (χ0) is 14.4. The molecule has 0 spiro atoms. The number of unbranched alkanes of at least 4 members (excludes halogenated alkanes) is 1. The number of carboxylic acids is 1. The van der Waals surface area contributed by atoms with Crippen molar-refractivity contribution in [3.63, 3.8) is 0 Å². The highest BCUT2D eigenvalue weighted by molar-refractivity contribution is 5.86. The first-order chi connectivity index (χ1) is 9.70. The lowest BCUT2D eigenvalue weighted by Crippen LogP contribution is -2.06. The molecule has 0 aliphatic heterocycles. The van der Waals surface area contributed by atoms with E-state index in [0.29, 0.717) is 0 Å². The van der Waals surface area contributed by atoms with Gasteiger partial charge in [-0.05, 0) is 36.0 Å². The minimum absolute atomic E-state index is 0.790. The topological polar surface area (TPSA) is 49.3 Å². The molecule has 1 aliphatic carbocycles. The molecule has 1 aromatic rings. The second kappa shape index (κ2) is 7.13. The van der Waals surface area contributed by atoms with Gasteiger partial charge in [0.2, 0.25) is 0 Å². The summed E-state index contributed by atoms with van der Waals surface area (Å²) < 4.78 is 0. The summed E-state index contributed by atoms with van der Waals surface area (Å²) in [4.78, 5) is 10.6. The maximum absolute atomic E-state index is 10.6. The highest BCUT2D eigenvalue weighted by Crippen LogP contribution is 2.42. The van der Waals surface area contributed by atoms with E-state index in [0.717, 1.165) is 29.6 Å². The Morgan fingerprint density at radius 3 is 2.95 bits per heavy atom. The number of carboxylic acid groups (broad SMARTS) is 1. The van der Waals surface area contributed by atoms with Crippen molar-refractivity contribution in [2.75, 3.05) is 11.9 Å². The van der Waals surface area contributed by atoms with Gasteiger partial charge in [-0.1, -0.05) is 44.4 Å². The maximum Gasteiger partial charge on any atom is 0.328 e. The standard InChI is InChI=1S/C17H23NO2/c1-2-3-6-14-11-15(14)12-18-16-8-5-4-7-13(16)9-10-17(19)20/h4-5,7-10,14-15,18H,2-3,6,11-12H2,1H3,(H,19,20)/b10-9+. The van der Waals surface area contributed by atoms with Crippen LogP contribution in [-0.2, 0) is 4.79 Å². The SMILES string of the molecule is CCCCC1CC1CNc1ccccc1/C=C/C(=O)O. The van der Waals surface area contributed by atoms with E-state index in [1.807, 2.05) is 24.3 Å². The van der Waals surface area contributed by atoms with Crippen LogP contribution in [0.25, 0.3) is 6.08 Å². The number of anilines is 1. The third kappa shape index (κ3) is 4.41. The molecule has 1 fully saturated rings. The summed E-state index contributed by atoms with van der Waals surface area (Å²) in [5.74, 6) is 0.767. The lowest BCUT2D eigenvalue weighted by Gasteiger charge is -2.09. The monoisotopic (exact) mass is 273 g/mol. The molecule has 1 aliphatic rings. The van der Waals surface area contributed by atoms with Gasteiger partial charge in [0.15, 0.2) is 0 Å². The molecule has 2 unspecified atom stereocenters. The molecule has 0 radical (unpaired) electrons. The first-order valence-electron chi connectivity index (χ1n) is 7.44. The normalized spacial score (nSPS) is 21.1. The van der Waals surface area contributed by atoms with Crippen molar-refractivity contribution in [2.45, 2.75) is 32.6 Å². The Labute approximate surface area is 120 Å². The lowest BCUT2D eigenvalue weighted by molar-refractivity contribution is -0.131. The summed E-state index contributed by atoms with van der Waals surface area (Å²) in [5.41, 5.74) is 1.95. The zero-order valence-corrected chi connectivity index (χ0v) is 12.0. The molecule has 108 valence electrons. The van der Waals surface area contributed by atoms with Crippen molar-refractivity contribution in [3.05, 3.63) is 35.9 Å². The van der Waals surface area contributed by atoms with E-state index in [-0.39, 0.29) is 0 Å². The van der Waals surface area contributed by atoms with Crippen LogP contribution in [-0.4, -0.2) is 17.6 Å². The number of hydrogen-bond donors (Lipinski definition) is 2. The average Bonchev–Trinajstić information content (AvgIpc) is 3.20. The molecule has 0 amide bonds. The first-order valence-corrected chi connectivity index (χ1v) is 7.44. The van der Waals surface area contributed by atoms with Gasteiger partial charge in [-0.3, -0.25) is 0 Å². The van der Waals surface area contributed by atoms with Crippen LogP contribution < -0.4 is 5.32 Å². The molecule has 0 heterocycles. The van der Waals surface area contributed by atoms with Gasteiger partial charge in [-0.25, -0.2) is 4.79 Å². The van der Waals surface area contributed by atoms with Crippen LogP contribution in [0.1, 0.15) is 38.2 Å². The molecule has 0 bridgehead atoms. The molecule has 2 rings (SSSR count). The van der Waals surface area contributed by atoms with E-state index in [1.165, 1.54) is 31.8 Å². The Morgan fingerprint density at radius 2 is 2.20 bits per heavy atom. The Bertz CT molecular complexity index is 482. The van der Waals surface area contributed by atoms with Crippen molar-refractivity contribution >= 4 is 17.7 Å². The Kier molecular flexibility index (Phi) is 5.22. The van der Waals surface area contributed by atoms with Gasteiger partial charge in [-0.15, -0.1) is 0 Å². The molecule has 3 heteroatoms. The Morgan fingerprint density at radius 1 is 1.40 bits per heavy atom. The fraction of sp³-hybridized carbons (Fsp3) is 0.471. The van der Waals surface area contributed by atoms with E-state index in [9.17, 15) is 4.79 Å². The Hall–Kier alpha value is -1.77. The molecule has 0 saturated heterocycles. The van der Waals surface area contributed by atoms with Gasteiger partial charge in [-0.2, -0.15) is 0 Å². The van der Waals surface area contributed by atoms with Crippen molar-refractivity contribution < 1.29 is 9.90 Å². The fourth-order valence-corrected chi connectivity index (χ4v) is 2.59. The van der Waals surface area contributed by atoms with Crippen LogP contribution in [0.2, 0.25) is 0 Å². The van der Waals surface area contributed by atoms with Gasteiger partial charge in [0, 0.05) is 18.3 Å². The molecule has 1 saturated carbocycles. The quantitative estimate of drug-likeness (QED) is 0.703. The van der Waals surface area contributed by atoms with Gasteiger partial charge in [0.05, 0.1) is 0 Å². The molecule has 0 aromatic heterocycles. The van der Waals surface area contributed by atoms with Gasteiger partial charge < -0.3 is 10.4 Å². The van der Waals surface area contributed by atoms with Crippen molar-refractivity contribution in [1.29, 1.82) is 0 Å². The third-order valence-electron chi connectivity index (χ3n) is 3.92. The average molecular weight is 273 g/mol. The smallest absolute Gasteiger partial charge is 0.328 e. The van der Waals surface area contributed by atoms with Crippen LogP contribution >= 0.6 is 0 Å². The second-order valence-electron chi connectivity index (χ2n) is 5.54. The van der Waals surface area contributed by atoms with Gasteiger partial charge in [0.1, 0.15) is 0 Å². The fourth-order valence-electron chi connectivity index (χ4n) is 2.59. The van der Waals surface area contributed by atoms with E-state index < -0.39 is 5.97 Å². The van der Waals surface area contributed by atoms with E-state index in [2.05, 4.69) is 12.2 Å². The summed E-state index contributed by atoms with van der Waals surface area (Å²) in [6.07, 6.45) is 8.12. The van der Waals surface area contributed by atoms with Crippen molar-refractivity contribution in [2.24, 2.45) is 11.8 Å². The summed E-state index contributed by atoms with van der Waals surface area (Å²) in [5, 5.41) is 12.2. The number of carbonyl (C=O) groups is 1. The second-order valence-corrected chi connectivity index (χ2v) is 5.54. The van der Waals surface area contributed by atoms with Crippen molar-refractivity contribution in [3.8, 4) is 0 Å². The van der Waals surface area contributed by atoms with E-state index in [1.54, 1.807) is 6.08 Å². The number of hydrogen-bond acceptors (Lipinski definition) is 2. The highest BCUT2D eigenvalue weighted by Gasteiger charge is 2.35. The van der Waals surface area contributed by atoms with Crippen LogP contribution in [0.3, 0.4) is 0 Å². The molecule has 2 atom stereocenters. The minimum Gasteiger partial charge on any atom is -0.478 e. The number of aliphatic carboxylic acids is 1. The van der Waals surface area contributed by atoms with Gasteiger partial charge >= 0.3 is 5.97 Å². The maximum atomic E-state index is 10.6. The van der Waals surface area contributed by atoms with Crippen LogP contribution in [0.5, 0.6) is 0 Å². The van der Waals surface area contributed by atoms with Crippen LogP contribution in [0.4, 0.5) is 5.69 Å². The number of nitrogens with one attached hydrogen (secondary N) is 1. The number of rotatable bonds is 8. The number of benzene rings is 1. The minimum atomic E-state index is -0.915. The van der Waals surface area contributed by atoms with Gasteiger partial charge in [0.25, 0.3) is 0 Å². The third-order valence-corrected chi connectivity index (χ3v) is 3.92. The predicted octanol–water partition coefficient (Wildman–Crippen LogP) is 4.02. The first kappa shape index (κ1) is 14.6. The predicted molar refractivity (Wildman–Crippen MR) is 82.7 cm³/mol. The van der Waals surface area contributed by atoms with E-state index >= 15 is 0 Å².